The molecule has 2 amide bonds. The molecule has 0 bridgehead atoms. The van der Waals surface area contributed by atoms with Crippen LogP contribution in [0.1, 0.15) is 12.0 Å². The van der Waals surface area contributed by atoms with Gasteiger partial charge in [-0.25, -0.2) is 0 Å². The first kappa shape index (κ1) is 15.1. The molecule has 0 atom stereocenters. The first-order chi connectivity index (χ1) is 11.2. The fourth-order valence-electron chi connectivity index (χ4n) is 2.45. The molecule has 0 aliphatic carbocycles. The van der Waals surface area contributed by atoms with Crippen molar-refractivity contribution >= 4 is 17.9 Å². The van der Waals surface area contributed by atoms with E-state index in [9.17, 15) is 9.59 Å². The van der Waals surface area contributed by atoms with E-state index in [0.29, 0.717) is 43.4 Å². The number of amides is 2. The molecule has 6 nitrogen and oxygen atoms in total. The highest BCUT2D eigenvalue weighted by Gasteiger charge is 2.20. The Morgan fingerprint density at radius 1 is 1.30 bits per heavy atom. The molecule has 0 unspecified atom stereocenters. The highest BCUT2D eigenvalue weighted by molar-refractivity contribution is 6.06. The Balaban J connectivity index is 1.80. The zero-order valence-electron chi connectivity index (χ0n) is 12.8. The Morgan fingerprint density at radius 2 is 2.13 bits per heavy atom. The number of ether oxygens (including phenoxy) is 3. The first-order valence-electron chi connectivity index (χ1n) is 7.37. The minimum Gasteiger partial charge on any atom is -0.493 e. The van der Waals surface area contributed by atoms with Crippen LogP contribution in [0.2, 0.25) is 0 Å². The van der Waals surface area contributed by atoms with Gasteiger partial charge in [-0.05, 0) is 36.3 Å². The van der Waals surface area contributed by atoms with Gasteiger partial charge in [0.1, 0.15) is 13.2 Å². The standard InChI is InChI=1S/C17H17NO5/c1-21-13-10-12(11-14-17(13)23-9-8-22-14)5-6-16(20)18-7-3-2-4-15(18)19/h2,4-6,10-11H,3,7-9H2,1H3. The highest BCUT2D eigenvalue weighted by Crippen LogP contribution is 2.40. The maximum Gasteiger partial charge on any atom is 0.253 e. The van der Waals surface area contributed by atoms with E-state index in [4.69, 9.17) is 14.2 Å². The molecule has 0 N–H and O–H groups in total. The number of hydrogen-bond acceptors (Lipinski definition) is 5. The maximum atomic E-state index is 12.1. The Morgan fingerprint density at radius 3 is 2.91 bits per heavy atom. The lowest BCUT2D eigenvalue weighted by atomic mass is 10.1. The van der Waals surface area contributed by atoms with E-state index in [0.717, 1.165) is 5.56 Å². The van der Waals surface area contributed by atoms with Crippen molar-refractivity contribution in [1.82, 2.24) is 4.90 Å². The van der Waals surface area contributed by atoms with Crippen molar-refractivity contribution in [2.75, 3.05) is 26.9 Å². The van der Waals surface area contributed by atoms with Crippen LogP contribution < -0.4 is 14.2 Å². The molecule has 1 aromatic rings. The van der Waals surface area contributed by atoms with Crippen LogP contribution in [0, 0.1) is 0 Å². The molecular weight excluding hydrogens is 298 g/mol. The fourth-order valence-corrected chi connectivity index (χ4v) is 2.45. The summed E-state index contributed by atoms with van der Waals surface area (Å²) < 4.78 is 16.4. The van der Waals surface area contributed by atoms with E-state index in [1.165, 1.54) is 17.1 Å². The predicted molar refractivity (Wildman–Crippen MR) is 83.5 cm³/mol. The van der Waals surface area contributed by atoms with E-state index in [1.807, 2.05) is 0 Å². The summed E-state index contributed by atoms with van der Waals surface area (Å²) in [5.41, 5.74) is 0.736. The molecule has 0 aromatic heterocycles. The minimum atomic E-state index is -0.340. The number of fused-ring (bicyclic) bond motifs is 1. The van der Waals surface area contributed by atoms with E-state index in [2.05, 4.69) is 0 Å². The first-order valence-corrected chi connectivity index (χ1v) is 7.37. The smallest absolute Gasteiger partial charge is 0.253 e. The number of carbonyl (C=O) groups is 2. The van der Waals surface area contributed by atoms with E-state index >= 15 is 0 Å². The van der Waals surface area contributed by atoms with Gasteiger partial charge in [-0.2, -0.15) is 0 Å². The molecule has 0 spiro atoms. The molecule has 0 saturated heterocycles. The molecule has 120 valence electrons. The third-order valence-electron chi connectivity index (χ3n) is 3.58. The topological polar surface area (TPSA) is 65.1 Å². The predicted octanol–water partition coefficient (Wildman–Crippen LogP) is 1.79. The van der Waals surface area contributed by atoms with Gasteiger partial charge in [0.15, 0.2) is 11.5 Å². The SMILES string of the molecule is COc1cc(C=CC(=O)N2CCC=CC2=O)cc2c1OCCO2. The largest absolute Gasteiger partial charge is 0.493 e. The Kier molecular flexibility index (Phi) is 4.32. The van der Waals surface area contributed by atoms with Gasteiger partial charge in [0.05, 0.1) is 7.11 Å². The summed E-state index contributed by atoms with van der Waals surface area (Å²) in [6, 6.07) is 3.54. The van der Waals surface area contributed by atoms with E-state index in [1.54, 1.807) is 31.4 Å². The van der Waals surface area contributed by atoms with Gasteiger partial charge in [-0.15, -0.1) is 0 Å². The number of imide groups is 1. The van der Waals surface area contributed by atoms with E-state index < -0.39 is 0 Å². The van der Waals surface area contributed by atoms with Gasteiger partial charge in [0.25, 0.3) is 11.8 Å². The molecule has 2 heterocycles. The molecule has 23 heavy (non-hydrogen) atoms. The number of nitrogens with zero attached hydrogens (tertiary/aromatic N) is 1. The van der Waals surface area contributed by atoms with E-state index in [-0.39, 0.29) is 11.8 Å². The molecule has 0 fully saturated rings. The second-order valence-electron chi connectivity index (χ2n) is 5.10. The van der Waals surface area contributed by atoms with Crippen molar-refractivity contribution in [2.24, 2.45) is 0 Å². The summed E-state index contributed by atoms with van der Waals surface area (Å²) in [7, 11) is 1.55. The quantitative estimate of drug-likeness (QED) is 0.796. The van der Waals surface area contributed by atoms with Crippen molar-refractivity contribution in [1.29, 1.82) is 0 Å². The number of methoxy groups -OCH3 is 1. The van der Waals surface area contributed by atoms with Gasteiger partial charge in [0, 0.05) is 12.6 Å². The van der Waals surface area contributed by atoms with Crippen molar-refractivity contribution < 1.29 is 23.8 Å². The summed E-state index contributed by atoms with van der Waals surface area (Å²) in [5, 5.41) is 0. The molecule has 2 aliphatic rings. The van der Waals surface area contributed by atoms with Gasteiger partial charge < -0.3 is 14.2 Å². The van der Waals surface area contributed by atoms with Crippen LogP contribution in [0.4, 0.5) is 0 Å². The van der Waals surface area contributed by atoms with Crippen molar-refractivity contribution in [3.63, 3.8) is 0 Å². The normalized spacial score (nSPS) is 16.7. The monoisotopic (exact) mass is 315 g/mol. The second-order valence-corrected chi connectivity index (χ2v) is 5.10. The molecule has 6 heteroatoms. The van der Waals surface area contributed by atoms with Crippen LogP contribution in [0.5, 0.6) is 17.2 Å². The minimum absolute atomic E-state index is 0.286. The zero-order chi connectivity index (χ0) is 16.2. The molecule has 0 saturated carbocycles. The molecule has 0 radical (unpaired) electrons. The van der Waals surface area contributed by atoms with Crippen LogP contribution in [0.3, 0.4) is 0 Å². The fraction of sp³-hybridized carbons (Fsp3) is 0.294. The second kappa shape index (κ2) is 6.56. The average molecular weight is 315 g/mol. The number of rotatable bonds is 3. The molecule has 2 aliphatic heterocycles. The lowest BCUT2D eigenvalue weighted by molar-refractivity contribution is -0.139. The van der Waals surface area contributed by atoms with Crippen molar-refractivity contribution in [3.05, 3.63) is 35.9 Å². The molecule has 1 aromatic carbocycles. The number of hydrogen-bond donors (Lipinski definition) is 0. The highest BCUT2D eigenvalue weighted by atomic mass is 16.6. The van der Waals surface area contributed by atoms with Crippen LogP contribution in [0.25, 0.3) is 6.08 Å². The Labute approximate surface area is 133 Å². The number of benzene rings is 1. The third kappa shape index (κ3) is 3.21. The summed E-state index contributed by atoms with van der Waals surface area (Å²) in [6.45, 7) is 1.35. The van der Waals surface area contributed by atoms with Crippen LogP contribution >= 0.6 is 0 Å². The summed E-state index contributed by atoms with van der Waals surface area (Å²) in [5.74, 6) is 1.07. The summed E-state index contributed by atoms with van der Waals surface area (Å²) in [6.07, 6.45) is 6.88. The Hall–Kier alpha value is -2.76. The van der Waals surface area contributed by atoms with Crippen LogP contribution in [0.15, 0.2) is 30.4 Å². The summed E-state index contributed by atoms with van der Waals surface area (Å²) in [4.78, 5) is 25.0. The van der Waals surface area contributed by atoms with Gasteiger partial charge in [-0.1, -0.05) is 6.08 Å². The van der Waals surface area contributed by atoms with Gasteiger partial charge >= 0.3 is 0 Å². The van der Waals surface area contributed by atoms with Gasteiger partial charge in [0.2, 0.25) is 5.75 Å². The van der Waals surface area contributed by atoms with Crippen molar-refractivity contribution in [2.45, 2.75) is 6.42 Å². The molecule has 3 rings (SSSR count). The zero-order valence-corrected chi connectivity index (χ0v) is 12.8. The maximum absolute atomic E-state index is 12.1. The van der Waals surface area contributed by atoms with Gasteiger partial charge in [-0.3, -0.25) is 14.5 Å². The van der Waals surface area contributed by atoms with Crippen molar-refractivity contribution in [3.8, 4) is 17.2 Å². The van der Waals surface area contributed by atoms with Crippen LogP contribution in [-0.2, 0) is 9.59 Å². The number of carbonyl (C=O) groups excluding carboxylic acids is 2. The third-order valence-corrected chi connectivity index (χ3v) is 3.58. The summed E-state index contributed by atoms with van der Waals surface area (Å²) >= 11 is 0. The average Bonchev–Trinajstić information content (AvgIpc) is 2.59. The molecular formula is C17H17NO5. The lowest BCUT2D eigenvalue weighted by Gasteiger charge is -2.21. The van der Waals surface area contributed by atoms with Crippen LogP contribution in [-0.4, -0.2) is 43.6 Å². The Bertz CT molecular complexity index is 675. The lowest BCUT2D eigenvalue weighted by Crippen LogP contribution is -2.37.